The molecule has 0 atom stereocenters. The average Bonchev–Trinajstić information content (AvgIpc) is 1.35. The lowest BCUT2D eigenvalue weighted by Crippen LogP contribution is -2.19. The summed E-state index contributed by atoms with van der Waals surface area (Å²) in [4.78, 5) is 2.01. The zero-order valence-electron chi connectivity index (χ0n) is 4.60. The van der Waals surface area contributed by atoms with Crippen molar-refractivity contribution in [2.24, 2.45) is 0 Å². The summed E-state index contributed by atoms with van der Waals surface area (Å²) in [6.45, 7) is 0.833. The van der Waals surface area contributed by atoms with Gasteiger partial charge in [0.05, 0.1) is 6.67 Å². The van der Waals surface area contributed by atoms with Crippen LogP contribution in [0.15, 0.2) is 0 Å². The third kappa shape index (κ3) is 3.92. The van der Waals surface area contributed by atoms with Crippen molar-refractivity contribution >= 4 is 0 Å². The first-order valence-corrected chi connectivity index (χ1v) is 1.97. The maximum Gasteiger partial charge on any atom is 0.0640 e. The highest BCUT2D eigenvalue weighted by Crippen LogP contribution is 1.62. The molecule has 0 aliphatic heterocycles. The molecule has 0 saturated heterocycles. The van der Waals surface area contributed by atoms with Crippen molar-refractivity contribution in [3.05, 3.63) is 0 Å². The Labute approximate surface area is 39.1 Å². The minimum Gasteiger partial charge on any atom is -0.296 e. The summed E-state index contributed by atoms with van der Waals surface area (Å²) in [6, 6.07) is 0. The van der Waals surface area contributed by atoms with Crippen molar-refractivity contribution in [2.45, 2.75) is 0 Å². The molecule has 0 aromatic carbocycles. The van der Waals surface area contributed by atoms with Gasteiger partial charge in [0, 0.05) is 7.05 Å². The summed E-state index contributed by atoms with van der Waals surface area (Å²) in [5.74, 6) is 0. The van der Waals surface area contributed by atoms with Crippen LogP contribution in [0.5, 0.6) is 0 Å². The van der Waals surface area contributed by atoms with E-state index in [1.807, 2.05) is 19.0 Å². The fourth-order valence-electron chi connectivity index (χ4n) is 0.283. The number of hydrogen-bond acceptors (Lipinski definition) is 1. The van der Waals surface area contributed by atoms with E-state index in [1.54, 1.807) is 7.05 Å². The van der Waals surface area contributed by atoms with Gasteiger partial charge in [-0.3, -0.25) is 4.90 Å². The Balaban J connectivity index is 2.63. The van der Waals surface area contributed by atoms with Crippen molar-refractivity contribution in [1.82, 2.24) is 10.2 Å². The Bertz CT molecular complexity index is 26.7. The van der Waals surface area contributed by atoms with Crippen LogP contribution in [0.4, 0.5) is 0 Å². The Kier molecular flexibility index (Phi) is 3.08. The van der Waals surface area contributed by atoms with E-state index in [4.69, 9.17) is 0 Å². The lowest BCUT2D eigenvalue weighted by atomic mass is 10.9. The molecule has 0 aliphatic rings. The molecule has 0 fully saturated rings. The molecule has 0 heterocycles. The van der Waals surface area contributed by atoms with E-state index in [0.29, 0.717) is 0 Å². The molecule has 6 heavy (non-hydrogen) atoms. The molecule has 0 spiro atoms. The number of hydrogen-bond donors (Lipinski definition) is 0. The van der Waals surface area contributed by atoms with Crippen LogP contribution >= 0.6 is 0 Å². The average molecular weight is 87.1 g/mol. The standard InChI is InChI=1S/C4H11N2/c1-5-4-6(2)3/h4H2,1-3H3. The van der Waals surface area contributed by atoms with Crippen LogP contribution in [0.25, 0.3) is 0 Å². The number of nitrogens with zero attached hydrogens (tertiary/aromatic N) is 2. The van der Waals surface area contributed by atoms with Gasteiger partial charge >= 0.3 is 0 Å². The number of rotatable bonds is 2. The topological polar surface area (TPSA) is 17.3 Å². The van der Waals surface area contributed by atoms with E-state index in [1.165, 1.54) is 0 Å². The van der Waals surface area contributed by atoms with Crippen molar-refractivity contribution in [3.8, 4) is 0 Å². The first-order chi connectivity index (χ1) is 2.77. The zero-order valence-corrected chi connectivity index (χ0v) is 4.60. The molecule has 0 bridgehead atoms. The molecule has 2 heteroatoms. The smallest absolute Gasteiger partial charge is 0.0640 e. The van der Waals surface area contributed by atoms with Crippen molar-refractivity contribution in [3.63, 3.8) is 0 Å². The Hall–Kier alpha value is -0.0800. The fraction of sp³-hybridized carbons (Fsp3) is 1.00. The molecular weight excluding hydrogens is 76.1 g/mol. The molecule has 0 aliphatic carbocycles. The molecule has 0 aromatic heterocycles. The molecule has 0 N–H and O–H groups in total. The van der Waals surface area contributed by atoms with Crippen LogP contribution in [0.2, 0.25) is 0 Å². The van der Waals surface area contributed by atoms with Gasteiger partial charge in [-0.1, -0.05) is 0 Å². The van der Waals surface area contributed by atoms with Crippen LogP contribution in [-0.2, 0) is 0 Å². The Morgan fingerprint density at radius 3 is 2.00 bits per heavy atom. The highest BCUT2D eigenvalue weighted by Gasteiger charge is 1.79. The third-order valence-corrected chi connectivity index (χ3v) is 0.424. The highest BCUT2D eigenvalue weighted by molar-refractivity contribution is 4.29. The maximum atomic E-state index is 3.86. The van der Waals surface area contributed by atoms with Gasteiger partial charge in [-0.15, -0.1) is 0 Å². The SMILES string of the molecule is C[N]CN(C)C. The van der Waals surface area contributed by atoms with E-state index in [0.717, 1.165) is 6.67 Å². The van der Waals surface area contributed by atoms with Crippen molar-refractivity contribution in [2.75, 3.05) is 27.8 Å². The molecule has 1 radical (unpaired) electrons. The molecule has 2 nitrogen and oxygen atoms in total. The van der Waals surface area contributed by atoms with Crippen LogP contribution in [0, 0.1) is 0 Å². The van der Waals surface area contributed by atoms with E-state index in [-0.39, 0.29) is 0 Å². The minimum atomic E-state index is 0.833. The van der Waals surface area contributed by atoms with E-state index < -0.39 is 0 Å². The van der Waals surface area contributed by atoms with Gasteiger partial charge in [0.2, 0.25) is 0 Å². The van der Waals surface area contributed by atoms with Gasteiger partial charge in [-0.05, 0) is 14.1 Å². The van der Waals surface area contributed by atoms with Crippen LogP contribution in [-0.4, -0.2) is 32.7 Å². The largest absolute Gasteiger partial charge is 0.296 e. The van der Waals surface area contributed by atoms with Gasteiger partial charge < -0.3 is 0 Å². The van der Waals surface area contributed by atoms with E-state index in [2.05, 4.69) is 5.32 Å². The minimum absolute atomic E-state index is 0.833. The van der Waals surface area contributed by atoms with Crippen LogP contribution < -0.4 is 5.32 Å². The predicted octanol–water partition coefficient (Wildman–Crippen LogP) is -0.260. The Morgan fingerprint density at radius 2 is 2.00 bits per heavy atom. The van der Waals surface area contributed by atoms with Crippen LogP contribution in [0.1, 0.15) is 0 Å². The molecule has 37 valence electrons. The summed E-state index contributed by atoms with van der Waals surface area (Å²) >= 11 is 0. The van der Waals surface area contributed by atoms with Gasteiger partial charge in [-0.25, -0.2) is 5.32 Å². The normalized spacial score (nSPS) is 10.0. The van der Waals surface area contributed by atoms with Crippen molar-refractivity contribution < 1.29 is 0 Å². The van der Waals surface area contributed by atoms with Gasteiger partial charge in [0.25, 0.3) is 0 Å². The predicted molar refractivity (Wildman–Crippen MR) is 26.6 cm³/mol. The molecule has 0 rings (SSSR count). The van der Waals surface area contributed by atoms with E-state index in [9.17, 15) is 0 Å². The Morgan fingerprint density at radius 1 is 1.50 bits per heavy atom. The zero-order chi connectivity index (χ0) is 4.99. The lowest BCUT2D eigenvalue weighted by Gasteiger charge is -2.03. The fourth-order valence-corrected chi connectivity index (χ4v) is 0.283. The molecule has 0 unspecified atom stereocenters. The molecule has 0 amide bonds. The first-order valence-electron chi connectivity index (χ1n) is 1.97. The third-order valence-electron chi connectivity index (χ3n) is 0.424. The quantitative estimate of drug-likeness (QED) is 0.453. The van der Waals surface area contributed by atoms with E-state index >= 15 is 0 Å². The first kappa shape index (κ1) is 5.92. The summed E-state index contributed by atoms with van der Waals surface area (Å²) in [5.41, 5.74) is 0. The monoisotopic (exact) mass is 87.1 g/mol. The second kappa shape index (κ2) is 3.12. The molecule has 0 aromatic rings. The molecular formula is C4H11N2. The second-order valence-corrected chi connectivity index (χ2v) is 1.54. The summed E-state index contributed by atoms with van der Waals surface area (Å²) in [5, 5.41) is 3.86. The van der Waals surface area contributed by atoms with Gasteiger partial charge in [0.15, 0.2) is 0 Å². The summed E-state index contributed by atoms with van der Waals surface area (Å²) in [7, 11) is 5.79. The van der Waals surface area contributed by atoms with Crippen molar-refractivity contribution in [1.29, 1.82) is 0 Å². The second-order valence-electron chi connectivity index (χ2n) is 1.54. The maximum absolute atomic E-state index is 3.86. The summed E-state index contributed by atoms with van der Waals surface area (Å²) in [6.07, 6.45) is 0. The van der Waals surface area contributed by atoms with Gasteiger partial charge in [-0.2, -0.15) is 0 Å². The van der Waals surface area contributed by atoms with Crippen LogP contribution in [0.3, 0.4) is 0 Å². The van der Waals surface area contributed by atoms with Gasteiger partial charge in [0.1, 0.15) is 0 Å². The highest BCUT2D eigenvalue weighted by atomic mass is 15.2. The lowest BCUT2D eigenvalue weighted by molar-refractivity contribution is 0.381. The summed E-state index contributed by atoms with van der Waals surface area (Å²) < 4.78 is 0. The molecule has 0 saturated carbocycles.